The number of nitrogens with zero attached hydrogens (tertiary/aromatic N) is 7. The second kappa shape index (κ2) is 10.2. The molecule has 1 N–H and O–H groups in total. The fourth-order valence-electron chi connectivity index (χ4n) is 4.52. The Balaban J connectivity index is 1.48. The van der Waals surface area contributed by atoms with E-state index in [1.807, 2.05) is 4.90 Å². The summed E-state index contributed by atoms with van der Waals surface area (Å²) in [6.07, 6.45) is 4.96. The number of carbonyl (C=O) groups excluding carboxylic acids is 1. The van der Waals surface area contributed by atoms with Crippen LogP contribution in [-0.2, 0) is 11.8 Å². The van der Waals surface area contributed by atoms with Gasteiger partial charge in [0, 0.05) is 75.5 Å². The molecule has 10 nitrogen and oxygen atoms in total. The number of likely N-dealkylation sites (N-methyl/N-ethyl adjacent to an activating group) is 1. The summed E-state index contributed by atoms with van der Waals surface area (Å²) in [5.41, 5.74) is 2.32. The highest BCUT2D eigenvalue weighted by Gasteiger charge is 2.25. The van der Waals surface area contributed by atoms with Crippen molar-refractivity contribution in [2.45, 2.75) is 13.0 Å². The average molecular weight is 495 g/mol. The summed E-state index contributed by atoms with van der Waals surface area (Å²) in [5, 5.41) is 7.16. The van der Waals surface area contributed by atoms with Gasteiger partial charge in [-0.1, -0.05) is 0 Å². The first-order valence-corrected chi connectivity index (χ1v) is 12.1. The molecule has 11 heteroatoms. The molecule has 190 valence electrons. The van der Waals surface area contributed by atoms with Gasteiger partial charge in [0.15, 0.2) is 5.69 Å². The van der Waals surface area contributed by atoms with Crippen molar-refractivity contribution in [1.29, 1.82) is 0 Å². The Labute approximate surface area is 209 Å². The van der Waals surface area contributed by atoms with Gasteiger partial charge in [-0.15, -0.1) is 0 Å². The van der Waals surface area contributed by atoms with Crippen LogP contribution in [0, 0.1) is 5.82 Å². The molecule has 4 heterocycles. The van der Waals surface area contributed by atoms with Gasteiger partial charge < -0.3 is 24.8 Å². The van der Waals surface area contributed by atoms with Crippen molar-refractivity contribution in [2.24, 2.45) is 7.05 Å². The topological polar surface area (TPSA) is 91.7 Å². The summed E-state index contributed by atoms with van der Waals surface area (Å²) in [6, 6.07) is 5.11. The molecule has 0 radical (unpaired) electrons. The van der Waals surface area contributed by atoms with Gasteiger partial charge in [0.2, 0.25) is 5.95 Å². The maximum Gasteiger partial charge on any atom is 0.276 e. The molecule has 2 aliphatic heterocycles. The van der Waals surface area contributed by atoms with Crippen molar-refractivity contribution in [3.8, 4) is 11.1 Å². The standard InChI is InChI=1S/C25H31FN8O2/c1-17-16-34(7-6-31(17)2)23-13-20(26)19(12-22(23)29-24(35)21-4-5-32(3)30-21)18-14-27-25(28-15-18)33-8-10-36-11-9-33/h4-5,12-15,17H,6-11,16H2,1-3H3,(H,29,35)/t17-/m0/s1. The summed E-state index contributed by atoms with van der Waals surface area (Å²) in [4.78, 5) is 28.3. The van der Waals surface area contributed by atoms with Crippen molar-refractivity contribution in [3.05, 3.63) is 48.3 Å². The molecular formula is C25H31FN8O2. The number of ether oxygens (including phenoxy) is 1. The van der Waals surface area contributed by atoms with Crippen LogP contribution in [0.15, 0.2) is 36.8 Å². The molecule has 2 aromatic heterocycles. The van der Waals surface area contributed by atoms with Gasteiger partial charge in [0.25, 0.3) is 5.91 Å². The van der Waals surface area contributed by atoms with E-state index in [4.69, 9.17) is 4.74 Å². The predicted octanol–water partition coefficient (Wildman–Crippen LogP) is 2.25. The largest absolute Gasteiger partial charge is 0.378 e. The predicted molar refractivity (Wildman–Crippen MR) is 136 cm³/mol. The quantitative estimate of drug-likeness (QED) is 0.578. The van der Waals surface area contributed by atoms with Crippen LogP contribution in [0.4, 0.5) is 21.7 Å². The van der Waals surface area contributed by atoms with Crippen LogP contribution in [0.1, 0.15) is 17.4 Å². The van der Waals surface area contributed by atoms with E-state index in [0.29, 0.717) is 53.4 Å². The Hall–Kier alpha value is -3.57. The molecule has 2 aliphatic rings. The van der Waals surface area contributed by atoms with Crippen molar-refractivity contribution in [3.63, 3.8) is 0 Å². The van der Waals surface area contributed by atoms with E-state index in [9.17, 15) is 4.79 Å². The second-order valence-electron chi connectivity index (χ2n) is 9.32. The molecule has 2 saturated heterocycles. The summed E-state index contributed by atoms with van der Waals surface area (Å²) in [6.45, 7) is 7.12. The monoisotopic (exact) mass is 494 g/mol. The molecular weight excluding hydrogens is 463 g/mol. The van der Waals surface area contributed by atoms with Gasteiger partial charge in [-0.3, -0.25) is 9.48 Å². The van der Waals surface area contributed by atoms with Crippen LogP contribution in [0.25, 0.3) is 11.1 Å². The molecule has 3 aromatic rings. The van der Waals surface area contributed by atoms with Gasteiger partial charge >= 0.3 is 0 Å². The smallest absolute Gasteiger partial charge is 0.276 e. The minimum Gasteiger partial charge on any atom is -0.378 e. The van der Waals surface area contributed by atoms with Crippen molar-refractivity contribution in [1.82, 2.24) is 24.6 Å². The summed E-state index contributed by atoms with van der Waals surface area (Å²) >= 11 is 0. The number of hydrogen-bond acceptors (Lipinski definition) is 8. The van der Waals surface area contributed by atoms with E-state index >= 15 is 4.39 Å². The Morgan fingerprint density at radius 2 is 1.83 bits per heavy atom. The maximum absolute atomic E-state index is 15.5. The fourth-order valence-corrected chi connectivity index (χ4v) is 4.52. The lowest BCUT2D eigenvalue weighted by atomic mass is 10.0. The third-order valence-corrected chi connectivity index (χ3v) is 6.82. The van der Waals surface area contributed by atoms with E-state index in [0.717, 1.165) is 32.7 Å². The summed E-state index contributed by atoms with van der Waals surface area (Å²) in [7, 11) is 3.83. The number of piperazine rings is 1. The number of halogens is 1. The number of nitrogens with one attached hydrogen (secondary N) is 1. The number of benzene rings is 1. The zero-order valence-corrected chi connectivity index (χ0v) is 20.8. The van der Waals surface area contributed by atoms with Crippen LogP contribution in [0.5, 0.6) is 0 Å². The molecule has 0 spiro atoms. The van der Waals surface area contributed by atoms with Gasteiger partial charge in [-0.05, 0) is 32.2 Å². The van der Waals surface area contributed by atoms with Gasteiger partial charge in [-0.25, -0.2) is 14.4 Å². The Morgan fingerprint density at radius 3 is 2.50 bits per heavy atom. The molecule has 2 fully saturated rings. The molecule has 1 aromatic carbocycles. The lowest BCUT2D eigenvalue weighted by Gasteiger charge is -2.39. The summed E-state index contributed by atoms with van der Waals surface area (Å²) in [5.74, 6) is -0.153. The highest BCUT2D eigenvalue weighted by Crippen LogP contribution is 2.35. The zero-order chi connectivity index (χ0) is 25.2. The van der Waals surface area contributed by atoms with Crippen molar-refractivity contribution in [2.75, 3.05) is 68.1 Å². The number of hydrogen-bond donors (Lipinski definition) is 1. The SMILES string of the molecule is C[C@H]1CN(c2cc(F)c(-c3cnc(N4CCOCC4)nc3)cc2NC(=O)c2ccn(C)n2)CCN1C. The first-order chi connectivity index (χ1) is 17.4. The fraction of sp³-hybridized carbons (Fsp3) is 0.440. The molecule has 36 heavy (non-hydrogen) atoms. The maximum atomic E-state index is 15.5. The van der Waals surface area contributed by atoms with Gasteiger partial charge in [-0.2, -0.15) is 5.10 Å². The third kappa shape index (κ3) is 5.02. The Kier molecular flexibility index (Phi) is 6.84. The molecule has 1 atom stereocenters. The zero-order valence-electron chi connectivity index (χ0n) is 20.8. The van der Waals surface area contributed by atoms with E-state index in [1.54, 1.807) is 42.5 Å². The van der Waals surface area contributed by atoms with E-state index < -0.39 is 5.82 Å². The first-order valence-electron chi connectivity index (χ1n) is 12.1. The van der Waals surface area contributed by atoms with E-state index in [-0.39, 0.29) is 5.91 Å². The van der Waals surface area contributed by atoms with Crippen LogP contribution >= 0.6 is 0 Å². The number of morpholine rings is 1. The van der Waals surface area contributed by atoms with Crippen LogP contribution in [0.2, 0.25) is 0 Å². The third-order valence-electron chi connectivity index (χ3n) is 6.82. The second-order valence-corrected chi connectivity index (χ2v) is 9.32. The van der Waals surface area contributed by atoms with Crippen LogP contribution in [0.3, 0.4) is 0 Å². The molecule has 0 aliphatic carbocycles. The van der Waals surface area contributed by atoms with E-state index in [2.05, 4.69) is 44.2 Å². The van der Waals surface area contributed by atoms with Crippen molar-refractivity contribution < 1.29 is 13.9 Å². The van der Waals surface area contributed by atoms with E-state index in [1.165, 1.54) is 6.07 Å². The van der Waals surface area contributed by atoms with Crippen LogP contribution in [-0.4, -0.2) is 89.6 Å². The lowest BCUT2D eigenvalue weighted by Crippen LogP contribution is -2.50. The van der Waals surface area contributed by atoms with Crippen LogP contribution < -0.4 is 15.1 Å². The minimum absolute atomic E-state index is 0.291. The minimum atomic E-state index is -0.393. The number of rotatable bonds is 5. The van der Waals surface area contributed by atoms with Crippen molar-refractivity contribution >= 4 is 23.2 Å². The number of carbonyl (C=O) groups is 1. The number of aryl methyl sites for hydroxylation is 1. The number of amides is 1. The molecule has 0 saturated carbocycles. The van der Waals surface area contributed by atoms with Gasteiger partial charge in [0.1, 0.15) is 5.82 Å². The average Bonchev–Trinajstić information content (AvgIpc) is 3.33. The first kappa shape index (κ1) is 24.1. The molecule has 0 bridgehead atoms. The highest BCUT2D eigenvalue weighted by molar-refractivity contribution is 6.05. The summed E-state index contributed by atoms with van der Waals surface area (Å²) < 4.78 is 22.5. The Morgan fingerprint density at radius 1 is 1.08 bits per heavy atom. The molecule has 5 rings (SSSR count). The molecule has 0 unspecified atom stereocenters. The number of aromatic nitrogens is 4. The number of anilines is 3. The highest BCUT2D eigenvalue weighted by atomic mass is 19.1. The van der Waals surface area contributed by atoms with Gasteiger partial charge in [0.05, 0.1) is 24.6 Å². The Bertz CT molecular complexity index is 1230. The lowest BCUT2D eigenvalue weighted by molar-refractivity contribution is 0.102. The molecule has 1 amide bonds. The normalized spacial score (nSPS) is 18.9.